The Bertz CT molecular complexity index is 226. The van der Waals surface area contributed by atoms with Crippen molar-refractivity contribution in [3.63, 3.8) is 0 Å². The molecule has 1 saturated carbocycles. The van der Waals surface area contributed by atoms with Gasteiger partial charge in [-0.05, 0) is 19.2 Å². The van der Waals surface area contributed by atoms with E-state index in [1.54, 1.807) is 0 Å². The summed E-state index contributed by atoms with van der Waals surface area (Å²) in [6, 6.07) is 0. The summed E-state index contributed by atoms with van der Waals surface area (Å²) in [6.07, 6.45) is 0.611. The lowest BCUT2D eigenvalue weighted by atomic mass is 10.0. The van der Waals surface area contributed by atoms with E-state index in [-0.39, 0.29) is 11.8 Å². The molecule has 0 aromatic carbocycles. The van der Waals surface area contributed by atoms with Gasteiger partial charge in [0.2, 0.25) is 0 Å². The van der Waals surface area contributed by atoms with Crippen molar-refractivity contribution in [2.75, 3.05) is 0 Å². The van der Waals surface area contributed by atoms with Crippen LogP contribution in [0.4, 0.5) is 0 Å². The summed E-state index contributed by atoms with van der Waals surface area (Å²) in [4.78, 5) is 21.8. The molecule has 2 fully saturated rings. The Balaban J connectivity index is 2.26. The van der Waals surface area contributed by atoms with Crippen LogP contribution in [0.25, 0.3) is 0 Å². The Kier molecular flexibility index (Phi) is 0.883. The molecule has 3 heteroatoms. The van der Waals surface area contributed by atoms with E-state index in [0.29, 0.717) is 12.8 Å². The fraction of sp³-hybridized carbons (Fsp3) is 0.714. The maximum atomic E-state index is 10.9. The fourth-order valence-corrected chi connectivity index (χ4v) is 1.47. The number of esters is 2. The van der Waals surface area contributed by atoms with Crippen molar-refractivity contribution < 1.29 is 15.7 Å². The number of cyclic esters (lactones) is 2. The van der Waals surface area contributed by atoms with Crippen LogP contribution < -0.4 is 0 Å². The van der Waals surface area contributed by atoms with E-state index in [9.17, 15) is 9.59 Å². The SMILES string of the molecule is [2H][C@@H]1C[C@H]2C[C@@H]1C(=O)OC2=O. The summed E-state index contributed by atoms with van der Waals surface area (Å²) < 4.78 is 11.9. The molecule has 2 bridgehead atoms. The van der Waals surface area contributed by atoms with Gasteiger partial charge in [0.05, 0.1) is 11.8 Å². The second kappa shape index (κ2) is 1.81. The van der Waals surface area contributed by atoms with E-state index in [4.69, 9.17) is 1.37 Å². The summed E-state index contributed by atoms with van der Waals surface area (Å²) >= 11 is 0. The molecule has 1 saturated heterocycles. The van der Waals surface area contributed by atoms with Gasteiger partial charge in [-0.15, -0.1) is 0 Å². The zero-order chi connectivity index (χ0) is 8.01. The maximum absolute atomic E-state index is 10.9. The van der Waals surface area contributed by atoms with E-state index < -0.39 is 18.3 Å². The van der Waals surface area contributed by atoms with E-state index >= 15 is 0 Å². The fourth-order valence-electron chi connectivity index (χ4n) is 1.47. The minimum Gasteiger partial charge on any atom is -0.393 e. The molecule has 0 radical (unpaired) electrons. The number of fused-ring (bicyclic) bond motifs is 2. The molecular formula is C7H8O3. The minimum atomic E-state index is -0.497. The minimum absolute atomic E-state index is 0.180. The molecule has 0 aromatic rings. The van der Waals surface area contributed by atoms with Crippen LogP contribution >= 0.6 is 0 Å². The van der Waals surface area contributed by atoms with Gasteiger partial charge >= 0.3 is 11.9 Å². The maximum Gasteiger partial charge on any atom is 0.316 e. The molecule has 0 aromatic heterocycles. The first-order valence-corrected chi connectivity index (χ1v) is 3.36. The van der Waals surface area contributed by atoms with Gasteiger partial charge in [-0.25, -0.2) is 0 Å². The van der Waals surface area contributed by atoms with Gasteiger partial charge in [-0.2, -0.15) is 0 Å². The second-order valence-electron chi connectivity index (χ2n) is 2.75. The van der Waals surface area contributed by atoms with Gasteiger partial charge in [0.25, 0.3) is 0 Å². The molecule has 10 heavy (non-hydrogen) atoms. The highest BCUT2D eigenvalue weighted by atomic mass is 16.6. The van der Waals surface area contributed by atoms with Gasteiger partial charge in [0, 0.05) is 1.37 Å². The predicted octanol–water partition coefficient (Wildman–Crippen LogP) is 0.486. The van der Waals surface area contributed by atoms with Crippen molar-refractivity contribution in [2.45, 2.75) is 19.2 Å². The van der Waals surface area contributed by atoms with Crippen LogP contribution in [0.3, 0.4) is 0 Å². The molecule has 54 valence electrons. The van der Waals surface area contributed by atoms with Crippen LogP contribution in [0, 0.1) is 11.8 Å². The average molecular weight is 141 g/mol. The second-order valence-corrected chi connectivity index (χ2v) is 2.75. The third-order valence-electron chi connectivity index (χ3n) is 2.08. The van der Waals surface area contributed by atoms with Crippen LogP contribution in [0.15, 0.2) is 0 Å². The highest BCUT2D eigenvalue weighted by molar-refractivity contribution is 5.91. The molecular weight excluding hydrogens is 132 g/mol. The average Bonchev–Trinajstić information content (AvgIpc) is 2.26. The number of hydrogen-bond donors (Lipinski definition) is 0. The van der Waals surface area contributed by atoms with Crippen molar-refractivity contribution in [3.8, 4) is 0 Å². The van der Waals surface area contributed by atoms with Crippen LogP contribution in [0.1, 0.15) is 20.6 Å². The van der Waals surface area contributed by atoms with E-state index in [1.165, 1.54) is 0 Å². The van der Waals surface area contributed by atoms with Crippen molar-refractivity contribution in [1.82, 2.24) is 0 Å². The largest absolute Gasteiger partial charge is 0.393 e. The van der Waals surface area contributed by atoms with Gasteiger partial charge in [-0.1, -0.05) is 0 Å². The summed E-state index contributed by atoms with van der Waals surface area (Å²) in [5.74, 6) is -1.44. The van der Waals surface area contributed by atoms with E-state index in [1.807, 2.05) is 0 Å². The van der Waals surface area contributed by atoms with Crippen molar-refractivity contribution in [1.29, 1.82) is 0 Å². The lowest BCUT2D eigenvalue weighted by molar-refractivity contribution is -0.168. The zero-order valence-corrected chi connectivity index (χ0v) is 5.37. The molecule has 0 spiro atoms. The lowest BCUT2D eigenvalue weighted by Gasteiger charge is -2.15. The Morgan fingerprint density at radius 1 is 1.40 bits per heavy atom. The standard InChI is InChI=1S/C7H8O3/c8-6-4-1-2-5(3-4)7(9)10-6/h4-5H,1-3H2/t4-,5+/i1D/t1-,4-,5+/m1/s1. The molecule has 1 heterocycles. The molecule has 0 amide bonds. The Morgan fingerprint density at radius 3 is 2.90 bits per heavy atom. The van der Waals surface area contributed by atoms with Gasteiger partial charge in [0.1, 0.15) is 0 Å². The normalized spacial score (nSPS) is 46.8. The predicted molar refractivity (Wildman–Crippen MR) is 31.9 cm³/mol. The molecule has 0 unspecified atom stereocenters. The third kappa shape index (κ3) is 0.664. The van der Waals surface area contributed by atoms with E-state index in [2.05, 4.69) is 4.74 Å². The summed E-state index contributed by atoms with van der Waals surface area (Å²) in [5, 5.41) is 0. The monoisotopic (exact) mass is 141 g/mol. The molecule has 2 rings (SSSR count). The summed E-state index contributed by atoms with van der Waals surface area (Å²) in [6.45, 7) is 0. The van der Waals surface area contributed by atoms with Crippen LogP contribution in [0.5, 0.6) is 0 Å². The molecule has 1 aliphatic carbocycles. The molecule has 3 atom stereocenters. The Labute approximate surface area is 59.8 Å². The molecule has 2 aliphatic rings. The number of hydrogen-bond acceptors (Lipinski definition) is 3. The molecule has 1 aliphatic heterocycles. The topological polar surface area (TPSA) is 43.4 Å². The highest BCUT2D eigenvalue weighted by Crippen LogP contribution is 2.36. The molecule has 0 N–H and O–H groups in total. The number of carbonyl (C=O) groups is 2. The van der Waals surface area contributed by atoms with Crippen LogP contribution in [-0.4, -0.2) is 11.9 Å². The van der Waals surface area contributed by atoms with Crippen LogP contribution in [0.2, 0.25) is 0 Å². The Morgan fingerprint density at radius 2 is 2.10 bits per heavy atom. The first-order chi connectivity index (χ1) is 5.18. The summed E-state index contributed by atoms with van der Waals surface area (Å²) in [5.41, 5.74) is 0. The first kappa shape index (κ1) is 4.88. The summed E-state index contributed by atoms with van der Waals surface area (Å²) in [7, 11) is 0. The number of rotatable bonds is 0. The smallest absolute Gasteiger partial charge is 0.316 e. The van der Waals surface area contributed by atoms with E-state index in [0.717, 1.165) is 0 Å². The quantitative estimate of drug-likeness (QED) is 0.364. The zero-order valence-electron chi connectivity index (χ0n) is 6.37. The van der Waals surface area contributed by atoms with Crippen molar-refractivity contribution in [3.05, 3.63) is 0 Å². The molecule has 3 nitrogen and oxygen atoms in total. The van der Waals surface area contributed by atoms with Crippen molar-refractivity contribution in [2.24, 2.45) is 11.8 Å². The van der Waals surface area contributed by atoms with Gasteiger partial charge in [-0.3, -0.25) is 9.59 Å². The third-order valence-corrected chi connectivity index (χ3v) is 2.08. The first-order valence-electron chi connectivity index (χ1n) is 3.94. The Hall–Kier alpha value is -0.860. The number of carbonyl (C=O) groups excluding carboxylic acids is 2. The lowest BCUT2D eigenvalue weighted by Crippen LogP contribution is -2.28. The van der Waals surface area contributed by atoms with Gasteiger partial charge < -0.3 is 4.74 Å². The van der Waals surface area contributed by atoms with Gasteiger partial charge in [0.15, 0.2) is 0 Å². The number of ether oxygens (including phenoxy) is 1. The van der Waals surface area contributed by atoms with Crippen molar-refractivity contribution >= 4 is 11.9 Å². The highest BCUT2D eigenvalue weighted by Gasteiger charge is 2.41. The van der Waals surface area contributed by atoms with Crippen LogP contribution in [-0.2, 0) is 14.3 Å².